The third kappa shape index (κ3) is 2.80. The molecular weight excluding hydrogens is 216 g/mol. The van der Waals surface area contributed by atoms with Gasteiger partial charge in [0, 0.05) is 0 Å². The van der Waals surface area contributed by atoms with Crippen LogP contribution in [0.1, 0.15) is 18.1 Å². The molecule has 2 heteroatoms. The van der Waals surface area contributed by atoms with E-state index in [4.69, 9.17) is 0 Å². The topological polar surface area (TPSA) is 20.2 Å². The summed E-state index contributed by atoms with van der Waals surface area (Å²) in [7, 11) is 0. The van der Waals surface area contributed by atoms with E-state index < -0.39 is 0 Å². The summed E-state index contributed by atoms with van der Waals surface area (Å²) in [5.74, 6) is 0. The van der Waals surface area contributed by atoms with Gasteiger partial charge in [-0.2, -0.15) is 0 Å². The van der Waals surface area contributed by atoms with Crippen molar-refractivity contribution in [2.75, 3.05) is 0 Å². The Morgan fingerprint density at radius 3 is 2.58 bits per heavy atom. The minimum atomic E-state index is -0.389. The largest absolute Gasteiger partial charge is 0.388 e. The second-order valence-electron chi connectivity index (χ2n) is 2.52. The molecule has 0 aliphatic heterocycles. The zero-order chi connectivity index (χ0) is 8.81. The molecule has 0 bridgehead atoms. The summed E-state index contributed by atoms with van der Waals surface area (Å²) < 4.78 is 0. The summed E-state index contributed by atoms with van der Waals surface area (Å²) in [6.07, 6.45) is 2.15. The zero-order valence-corrected chi connectivity index (χ0v) is 8.24. The van der Waals surface area contributed by atoms with E-state index in [1.165, 1.54) is 0 Å². The minimum Gasteiger partial charge on any atom is -0.388 e. The number of halogens is 1. The Labute approximate surface area is 80.9 Å². The Morgan fingerprint density at radius 1 is 1.33 bits per heavy atom. The van der Waals surface area contributed by atoms with E-state index in [2.05, 4.69) is 15.9 Å². The predicted octanol–water partition coefficient (Wildman–Crippen LogP) is 3.02. The van der Waals surface area contributed by atoms with Crippen LogP contribution in [0.25, 0.3) is 0 Å². The SMILES string of the molecule is O[C@@H](C/C=C\Br)c1ccccc1. The van der Waals surface area contributed by atoms with Gasteiger partial charge in [0.2, 0.25) is 0 Å². The highest BCUT2D eigenvalue weighted by Gasteiger charge is 2.02. The fraction of sp³-hybridized carbons (Fsp3) is 0.200. The van der Waals surface area contributed by atoms with Gasteiger partial charge in [0.1, 0.15) is 0 Å². The van der Waals surface area contributed by atoms with Crippen LogP contribution in [0.5, 0.6) is 0 Å². The van der Waals surface area contributed by atoms with Crippen LogP contribution in [0, 0.1) is 0 Å². The Morgan fingerprint density at radius 2 is 2.00 bits per heavy atom. The first-order valence-corrected chi connectivity index (χ1v) is 4.74. The molecule has 0 radical (unpaired) electrons. The number of hydrogen-bond acceptors (Lipinski definition) is 1. The summed E-state index contributed by atoms with van der Waals surface area (Å²) in [5.41, 5.74) is 0.961. The third-order valence-electron chi connectivity index (χ3n) is 1.63. The fourth-order valence-electron chi connectivity index (χ4n) is 0.992. The van der Waals surface area contributed by atoms with Gasteiger partial charge in [-0.1, -0.05) is 52.3 Å². The lowest BCUT2D eigenvalue weighted by Crippen LogP contribution is -1.94. The average molecular weight is 227 g/mol. The zero-order valence-electron chi connectivity index (χ0n) is 6.65. The van der Waals surface area contributed by atoms with Crippen LogP contribution in [0.15, 0.2) is 41.4 Å². The van der Waals surface area contributed by atoms with Crippen molar-refractivity contribution in [3.8, 4) is 0 Å². The molecule has 0 spiro atoms. The molecule has 1 aromatic carbocycles. The van der Waals surface area contributed by atoms with E-state index in [0.717, 1.165) is 5.56 Å². The Hall–Kier alpha value is -0.600. The van der Waals surface area contributed by atoms with Crippen molar-refractivity contribution in [2.24, 2.45) is 0 Å². The summed E-state index contributed by atoms with van der Waals surface area (Å²) in [6, 6.07) is 9.64. The molecule has 1 nitrogen and oxygen atoms in total. The summed E-state index contributed by atoms with van der Waals surface area (Å²) in [6.45, 7) is 0. The highest BCUT2D eigenvalue weighted by atomic mass is 79.9. The van der Waals surface area contributed by atoms with Gasteiger partial charge in [0.15, 0.2) is 0 Å². The molecule has 0 amide bonds. The van der Waals surface area contributed by atoms with Gasteiger partial charge in [-0.05, 0) is 17.0 Å². The number of aliphatic hydroxyl groups is 1. The van der Waals surface area contributed by atoms with E-state index in [1.54, 1.807) is 4.99 Å². The number of rotatable bonds is 3. The van der Waals surface area contributed by atoms with Gasteiger partial charge >= 0.3 is 0 Å². The van der Waals surface area contributed by atoms with Crippen molar-refractivity contribution in [1.82, 2.24) is 0 Å². The first-order valence-electron chi connectivity index (χ1n) is 3.83. The summed E-state index contributed by atoms with van der Waals surface area (Å²) in [4.78, 5) is 1.76. The predicted molar refractivity (Wildman–Crippen MR) is 54.1 cm³/mol. The molecular formula is C10H11BrO. The van der Waals surface area contributed by atoms with Crippen LogP contribution in [0.4, 0.5) is 0 Å². The van der Waals surface area contributed by atoms with Crippen LogP contribution in [0.2, 0.25) is 0 Å². The number of hydrogen-bond donors (Lipinski definition) is 1. The molecule has 64 valence electrons. The highest BCUT2D eigenvalue weighted by molar-refractivity contribution is 9.11. The minimum absolute atomic E-state index is 0.389. The lowest BCUT2D eigenvalue weighted by molar-refractivity contribution is 0.181. The fourth-order valence-corrected chi connectivity index (χ4v) is 1.21. The lowest BCUT2D eigenvalue weighted by Gasteiger charge is -2.06. The molecule has 0 heterocycles. The molecule has 0 aliphatic rings. The highest BCUT2D eigenvalue weighted by Crippen LogP contribution is 2.16. The first-order chi connectivity index (χ1) is 5.84. The van der Waals surface area contributed by atoms with Crippen LogP contribution in [-0.4, -0.2) is 5.11 Å². The maximum absolute atomic E-state index is 9.58. The molecule has 1 aromatic rings. The Balaban J connectivity index is 2.59. The maximum Gasteiger partial charge on any atom is 0.0824 e. The molecule has 0 fully saturated rings. The van der Waals surface area contributed by atoms with Crippen LogP contribution in [0.3, 0.4) is 0 Å². The van der Waals surface area contributed by atoms with E-state index in [-0.39, 0.29) is 6.10 Å². The number of aliphatic hydroxyl groups excluding tert-OH is 1. The first kappa shape index (κ1) is 9.49. The van der Waals surface area contributed by atoms with Crippen molar-refractivity contribution in [2.45, 2.75) is 12.5 Å². The second-order valence-corrected chi connectivity index (χ2v) is 3.05. The average Bonchev–Trinajstić information content (AvgIpc) is 2.15. The van der Waals surface area contributed by atoms with Crippen molar-refractivity contribution < 1.29 is 5.11 Å². The van der Waals surface area contributed by atoms with Crippen molar-refractivity contribution in [3.63, 3.8) is 0 Å². The van der Waals surface area contributed by atoms with Gasteiger partial charge in [-0.15, -0.1) is 0 Å². The molecule has 1 atom stereocenters. The monoisotopic (exact) mass is 226 g/mol. The number of benzene rings is 1. The van der Waals surface area contributed by atoms with Gasteiger partial charge in [-0.25, -0.2) is 0 Å². The molecule has 12 heavy (non-hydrogen) atoms. The molecule has 0 aromatic heterocycles. The molecule has 0 saturated carbocycles. The third-order valence-corrected chi connectivity index (χ3v) is 2.01. The van der Waals surface area contributed by atoms with E-state index in [0.29, 0.717) is 6.42 Å². The molecule has 1 N–H and O–H groups in total. The van der Waals surface area contributed by atoms with E-state index in [1.807, 2.05) is 36.4 Å². The van der Waals surface area contributed by atoms with Crippen molar-refractivity contribution >= 4 is 15.9 Å². The van der Waals surface area contributed by atoms with Gasteiger partial charge in [0.05, 0.1) is 6.10 Å². The van der Waals surface area contributed by atoms with Crippen molar-refractivity contribution in [3.05, 3.63) is 47.0 Å². The molecule has 0 unspecified atom stereocenters. The quantitative estimate of drug-likeness (QED) is 0.841. The van der Waals surface area contributed by atoms with Gasteiger partial charge in [-0.3, -0.25) is 0 Å². The molecule has 0 aliphatic carbocycles. The maximum atomic E-state index is 9.58. The lowest BCUT2D eigenvalue weighted by atomic mass is 10.1. The van der Waals surface area contributed by atoms with E-state index in [9.17, 15) is 5.11 Å². The van der Waals surface area contributed by atoms with Crippen molar-refractivity contribution in [1.29, 1.82) is 0 Å². The van der Waals surface area contributed by atoms with E-state index >= 15 is 0 Å². The standard InChI is InChI=1S/C10H11BrO/c11-8-4-7-10(12)9-5-2-1-3-6-9/h1-6,8,10,12H,7H2/b8-4-/t10-/m0/s1. The van der Waals surface area contributed by atoms with Crippen LogP contribution >= 0.6 is 15.9 Å². The second kappa shape index (κ2) is 5.12. The van der Waals surface area contributed by atoms with Crippen LogP contribution < -0.4 is 0 Å². The smallest absolute Gasteiger partial charge is 0.0824 e. The normalized spacial score (nSPS) is 13.5. The molecule has 1 rings (SSSR count). The van der Waals surface area contributed by atoms with Crippen LogP contribution in [-0.2, 0) is 0 Å². The Kier molecular flexibility index (Phi) is 4.05. The van der Waals surface area contributed by atoms with Gasteiger partial charge in [0.25, 0.3) is 0 Å². The summed E-state index contributed by atoms with van der Waals surface area (Å²) in [5, 5.41) is 9.58. The summed E-state index contributed by atoms with van der Waals surface area (Å²) >= 11 is 3.16. The molecule has 0 saturated heterocycles. The Bertz CT molecular complexity index is 243. The van der Waals surface area contributed by atoms with Gasteiger partial charge < -0.3 is 5.11 Å².